The van der Waals surface area contributed by atoms with Gasteiger partial charge < -0.3 is 4.98 Å². The summed E-state index contributed by atoms with van der Waals surface area (Å²) >= 11 is 0. The maximum Gasteiger partial charge on any atom is 0.155 e. The minimum atomic E-state index is -0.108. The number of fused-ring (bicyclic) bond motifs is 5. The Morgan fingerprint density at radius 2 is 1.31 bits per heavy atom. The smallest absolute Gasteiger partial charge is 0.155 e. The molecule has 0 aliphatic carbocycles. The Hall–Kier alpha value is -5.23. The van der Waals surface area contributed by atoms with Gasteiger partial charge >= 0.3 is 0 Å². The molecule has 0 unspecified atom stereocenters. The molecule has 4 heterocycles. The summed E-state index contributed by atoms with van der Waals surface area (Å²) in [6, 6.07) is 30.7. The lowest BCUT2D eigenvalue weighted by Crippen LogP contribution is -2.13. The second-order valence-corrected chi connectivity index (χ2v) is 16.6. The molecule has 8 rings (SSSR count). The second-order valence-electron chi connectivity index (χ2n) is 16.6. The molecule has 0 bridgehead atoms. The second kappa shape index (κ2) is 10.6. The Labute approximate surface area is 287 Å². The molecule has 0 aliphatic heterocycles. The molecule has 0 saturated carbocycles. The van der Waals surface area contributed by atoms with Crippen LogP contribution in [-0.4, -0.2) is 29.9 Å². The number of nitrogens with one attached hydrogen (secondary N) is 2. The minimum Gasteiger partial charge on any atom is -0.354 e. The van der Waals surface area contributed by atoms with Crippen LogP contribution in [0.3, 0.4) is 0 Å². The number of hydrogen-bond donors (Lipinski definition) is 2. The largest absolute Gasteiger partial charge is 0.354 e. The van der Waals surface area contributed by atoms with Crippen molar-refractivity contribution in [2.24, 2.45) is 0 Å². The van der Waals surface area contributed by atoms with Crippen molar-refractivity contribution in [1.82, 2.24) is 29.9 Å². The van der Waals surface area contributed by atoms with Gasteiger partial charge in [-0.25, -0.2) is 9.67 Å². The SMILES string of the molecule is CC(C)(C)c1cc(-c2cccc3cn[nH]c23)nc(-n2nc(-c3cc(C(C)(C)C)cc4c3[nH]c3ccc(C(C)(C)C)cc34)c3ccccc32)c1. The average molecular weight is 645 g/mol. The van der Waals surface area contributed by atoms with Crippen molar-refractivity contribution in [2.45, 2.75) is 78.6 Å². The third-order valence-corrected chi connectivity index (χ3v) is 9.93. The fourth-order valence-corrected chi connectivity index (χ4v) is 6.90. The maximum atomic E-state index is 5.45. The highest BCUT2D eigenvalue weighted by molar-refractivity contribution is 6.14. The molecule has 4 aromatic carbocycles. The number of aromatic nitrogens is 6. The maximum absolute atomic E-state index is 5.45. The number of benzene rings is 4. The Morgan fingerprint density at radius 1 is 0.592 bits per heavy atom. The van der Waals surface area contributed by atoms with Gasteiger partial charge in [-0.2, -0.15) is 10.2 Å². The molecular weight excluding hydrogens is 601 g/mol. The molecule has 0 amide bonds. The van der Waals surface area contributed by atoms with E-state index in [1.165, 1.54) is 27.5 Å². The van der Waals surface area contributed by atoms with Crippen LogP contribution < -0.4 is 0 Å². The van der Waals surface area contributed by atoms with Gasteiger partial charge in [0.2, 0.25) is 0 Å². The minimum absolute atomic E-state index is 0.0492. The number of hydrogen-bond acceptors (Lipinski definition) is 3. The Kier molecular flexibility index (Phi) is 6.74. The van der Waals surface area contributed by atoms with Crippen molar-refractivity contribution in [3.63, 3.8) is 0 Å². The van der Waals surface area contributed by atoms with Crippen LogP contribution in [0.25, 0.3) is 71.9 Å². The molecule has 0 fully saturated rings. The molecule has 0 spiro atoms. The monoisotopic (exact) mass is 644 g/mol. The van der Waals surface area contributed by atoms with E-state index in [1.54, 1.807) is 0 Å². The number of pyridine rings is 1. The highest BCUT2D eigenvalue weighted by atomic mass is 15.3. The number of para-hydroxylation sites is 2. The predicted molar refractivity (Wildman–Crippen MR) is 205 cm³/mol. The lowest BCUT2D eigenvalue weighted by molar-refractivity contribution is 0.588. The predicted octanol–water partition coefficient (Wildman–Crippen LogP) is 11.2. The van der Waals surface area contributed by atoms with Crippen LogP contribution >= 0.6 is 0 Å². The van der Waals surface area contributed by atoms with E-state index in [1.807, 2.05) is 10.9 Å². The first-order chi connectivity index (χ1) is 23.2. The summed E-state index contributed by atoms with van der Waals surface area (Å²) in [6.45, 7) is 20.4. The summed E-state index contributed by atoms with van der Waals surface area (Å²) in [6.07, 6.45) is 1.86. The number of nitrogens with zero attached hydrogens (tertiary/aromatic N) is 4. The quantitative estimate of drug-likeness (QED) is 0.201. The Bertz CT molecular complexity index is 2550. The average Bonchev–Trinajstić information content (AvgIpc) is 3.78. The zero-order chi connectivity index (χ0) is 34.5. The van der Waals surface area contributed by atoms with Crippen molar-refractivity contribution in [1.29, 1.82) is 0 Å². The molecule has 8 aromatic rings. The molecule has 0 aliphatic rings. The van der Waals surface area contributed by atoms with Gasteiger partial charge in [0.25, 0.3) is 0 Å². The van der Waals surface area contributed by atoms with Crippen molar-refractivity contribution in [2.75, 3.05) is 0 Å². The van der Waals surface area contributed by atoms with Crippen LogP contribution in [0.15, 0.2) is 91.1 Å². The summed E-state index contributed by atoms with van der Waals surface area (Å²) in [5.74, 6) is 0.788. The third kappa shape index (κ3) is 5.21. The van der Waals surface area contributed by atoms with Crippen molar-refractivity contribution in [3.05, 3.63) is 108 Å². The number of rotatable bonds is 3. The van der Waals surface area contributed by atoms with E-state index in [0.29, 0.717) is 0 Å². The first kappa shape index (κ1) is 31.1. The van der Waals surface area contributed by atoms with E-state index in [9.17, 15) is 0 Å². The summed E-state index contributed by atoms with van der Waals surface area (Å²) < 4.78 is 2.03. The van der Waals surface area contributed by atoms with Crippen LogP contribution in [0.2, 0.25) is 0 Å². The van der Waals surface area contributed by atoms with E-state index in [0.717, 1.165) is 61.2 Å². The molecule has 246 valence electrons. The normalized spacial score (nSPS) is 13.0. The molecule has 6 heteroatoms. The van der Waals surface area contributed by atoms with Crippen molar-refractivity contribution in [3.8, 4) is 28.3 Å². The standard InChI is InChI=1S/C43H44N6/c1-41(2,3)26-17-18-34-31(19-26)32-20-27(42(4,5)6)21-33(39(32)46-34)40-30-14-10-11-16-36(30)49(48-40)37-23-28(43(7,8)9)22-35(45-37)29-15-12-13-25-24-44-47-38(25)29/h10-24,46H,1-9H3,(H,44,47). The van der Waals surface area contributed by atoms with E-state index in [2.05, 4.69) is 162 Å². The number of H-pyrrole nitrogens is 2. The van der Waals surface area contributed by atoms with Crippen LogP contribution in [0.5, 0.6) is 0 Å². The molecule has 0 radical (unpaired) electrons. The van der Waals surface area contributed by atoms with E-state index in [4.69, 9.17) is 10.1 Å². The van der Waals surface area contributed by atoms with Gasteiger partial charge in [-0.1, -0.05) is 105 Å². The van der Waals surface area contributed by atoms with Gasteiger partial charge in [0.15, 0.2) is 5.82 Å². The molecule has 0 saturated heterocycles. The van der Waals surface area contributed by atoms with E-state index >= 15 is 0 Å². The van der Waals surface area contributed by atoms with Gasteiger partial charge in [0.1, 0.15) is 5.69 Å². The fourth-order valence-electron chi connectivity index (χ4n) is 6.90. The van der Waals surface area contributed by atoms with Crippen LogP contribution in [-0.2, 0) is 16.2 Å². The molecule has 4 aromatic heterocycles. The summed E-state index contributed by atoms with van der Waals surface area (Å²) in [4.78, 5) is 9.12. The molecule has 49 heavy (non-hydrogen) atoms. The van der Waals surface area contributed by atoms with Gasteiger partial charge in [0, 0.05) is 38.2 Å². The highest BCUT2D eigenvalue weighted by Gasteiger charge is 2.25. The molecular formula is C43H44N6. The lowest BCUT2D eigenvalue weighted by atomic mass is 9.83. The van der Waals surface area contributed by atoms with Crippen LogP contribution in [0.4, 0.5) is 0 Å². The lowest BCUT2D eigenvalue weighted by Gasteiger charge is -2.21. The molecule has 2 N–H and O–H groups in total. The highest BCUT2D eigenvalue weighted by Crippen LogP contribution is 2.41. The Morgan fingerprint density at radius 3 is 2.06 bits per heavy atom. The molecule has 0 atom stereocenters. The zero-order valence-electron chi connectivity index (χ0n) is 29.9. The first-order valence-electron chi connectivity index (χ1n) is 17.2. The van der Waals surface area contributed by atoms with E-state index in [-0.39, 0.29) is 16.2 Å². The van der Waals surface area contributed by atoms with Gasteiger partial charge in [0.05, 0.1) is 28.4 Å². The van der Waals surface area contributed by atoms with Crippen LogP contribution in [0.1, 0.15) is 79.0 Å². The fraction of sp³-hybridized carbons (Fsp3) is 0.279. The number of aromatic amines is 2. The topological polar surface area (TPSA) is 75.2 Å². The first-order valence-corrected chi connectivity index (χ1v) is 17.2. The van der Waals surface area contributed by atoms with Crippen molar-refractivity contribution >= 4 is 43.6 Å². The van der Waals surface area contributed by atoms with Crippen LogP contribution in [0, 0.1) is 0 Å². The Balaban J connectivity index is 1.42. The van der Waals surface area contributed by atoms with Gasteiger partial charge in [-0.15, -0.1) is 0 Å². The van der Waals surface area contributed by atoms with Gasteiger partial charge in [-0.05, 0) is 75.4 Å². The zero-order valence-corrected chi connectivity index (χ0v) is 29.9. The third-order valence-electron chi connectivity index (χ3n) is 9.93. The molecule has 6 nitrogen and oxygen atoms in total. The summed E-state index contributed by atoms with van der Waals surface area (Å²) in [5, 5.41) is 17.6. The summed E-state index contributed by atoms with van der Waals surface area (Å²) in [7, 11) is 0. The van der Waals surface area contributed by atoms with Crippen molar-refractivity contribution < 1.29 is 0 Å². The van der Waals surface area contributed by atoms with Gasteiger partial charge in [-0.3, -0.25) is 5.10 Å². The van der Waals surface area contributed by atoms with E-state index < -0.39 is 0 Å². The summed E-state index contributed by atoms with van der Waals surface area (Å²) in [5.41, 5.74) is 11.9.